The number of halogens is 1. The van der Waals surface area contributed by atoms with E-state index in [4.69, 9.17) is 5.73 Å². The summed E-state index contributed by atoms with van der Waals surface area (Å²) in [6.07, 6.45) is 3.23. The molecule has 1 aromatic heterocycles. The Labute approximate surface area is 176 Å². The number of aryl methyl sites for hydroxylation is 1. The van der Waals surface area contributed by atoms with Gasteiger partial charge in [-0.05, 0) is 76.5 Å². The molecule has 2 atom stereocenters. The first-order valence-corrected chi connectivity index (χ1v) is 10.4. The molecule has 162 valence electrons. The van der Waals surface area contributed by atoms with Crippen LogP contribution in [-0.2, 0) is 16.0 Å². The maximum atomic E-state index is 13.1. The molecule has 0 spiro atoms. The first-order valence-electron chi connectivity index (χ1n) is 10.4. The molecule has 7 nitrogen and oxygen atoms in total. The summed E-state index contributed by atoms with van der Waals surface area (Å²) in [5, 5.41) is 7.33. The highest BCUT2D eigenvalue weighted by atomic mass is 19.1. The standard InChI is InChI=1S/C22H30FN5O2/c1-15(22(30)28-12-3-5-17(14-28)21(24)29)27(2)11-4-6-19-13-20(26-25-19)16-7-9-18(23)10-8-16/h7-10,13,15,17H,3-6,11-12,14H2,1-2H3,(H2,24,29)(H,25,26). The van der Waals surface area contributed by atoms with Crippen molar-refractivity contribution in [2.45, 2.75) is 38.6 Å². The van der Waals surface area contributed by atoms with Gasteiger partial charge in [0.25, 0.3) is 0 Å². The summed E-state index contributed by atoms with van der Waals surface area (Å²) in [6, 6.07) is 7.97. The Balaban J connectivity index is 1.47. The van der Waals surface area contributed by atoms with E-state index in [0.29, 0.717) is 13.1 Å². The third-order valence-electron chi connectivity index (χ3n) is 5.88. The smallest absolute Gasteiger partial charge is 0.239 e. The third kappa shape index (κ3) is 5.44. The van der Waals surface area contributed by atoms with Crippen LogP contribution in [0.1, 0.15) is 31.9 Å². The van der Waals surface area contributed by atoms with Crippen LogP contribution in [0.15, 0.2) is 30.3 Å². The minimum atomic E-state index is -0.326. The van der Waals surface area contributed by atoms with Gasteiger partial charge >= 0.3 is 0 Å². The van der Waals surface area contributed by atoms with Crippen LogP contribution in [0, 0.1) is 11.7 Å². The number of benzene rings is 1. The number of piperidine rings is 1. The van der Waals surface area contributed by atoms with E-state index < -0.39 is 0 Å². The van der Waals surface area contributed by atoms with E-state index in [-0.39, 0.29) is 29.6 Å². The Morgan fingerprint density at radius 2 is 2.10 bits per heavy atom. The number of carbonyl (C=O) groups is 2. The van der Waals surface area contributed by atoms with Gasteiger partial charge < -0.3 is 10.6 Å². The quantitative estimate of drug-likeness (QED) is 0.691. The molecule has 30 heavy (non-hydrogen) atoms. The lowest BCUT2D eigenvalue weighted by molar-refractivity contribution is -0.139. The normalized spacial score (nSPS) is 17.9. The van der Waals surface area contributed by atoms with Gasteiger partial charge in [0.2, 0.25) is 11.8 Å². The zero-order chi connectivity index (χ0) is 21.7. The van der Waals surface area contributed by atoms with Crippen LogP contribution in [-0.4, -0.2) is 64.5 Å². The van der Waals surface area contributed by atoms with Crippen molar-refractivity contribution in [2.24, 2.45) is 11.7 Å². The third-order valence-corrected chi connectivity index (χ3v) is 5.88. The number of carbonyl (C=O) groups excluding carboxylic acids is 2. The molecule has 1 aliphatic heterocycles. The number of aromatic amines is 1. The van der Waals surface area contributed by atoms with Crippen LogP contribution in [0.25, 0.3) is 11.3 Å². The van der Waals surface area contributed by atoms with Gasteiger partial charge in [-0.3, -0.25) is 19.6 Å². The molecule has 0 aliphatic carbocycles. The molecular weight excluding hydrogens is 385 g/mol. The maximum absolute atomic E-state index is 13.1. The molecule has 2 heterocycles. The fraction of sp³-hybridized carbons (Fsp3) is 0.500. The molecule has 2 amide bonds. The number of likely N-dealkylation sites (N-methyl/N-ethyl adjacent to an activating group) is 1. The summed E-state index contributed by atoms with van der Waals surface area (Å²) in [5.74, 6) is -0.788. The predicted octanol–water partition coefficient (Wildman–Crippen LogP) is 2.19. The number of nitrogens with two attached hydrogens (primary N) is 1. The highest BCUT2D eigenvalue weighted by Gasteiger charge is 2.30. The number of likely N-dealkylation sites (tertiary alicyclic amines) is 1. The number of rotatable bonds is 8. The number of hydrogen-bond acceptors (Lipinski definition) is 4. The SMILES string of the molecule is CC(C(=O)N1CCCC(C(N)=O)C1)N(C)CCCc1cc(-c2ccc(F)cc2)n[nH]1. The van der Waals surface area contributed by atoms with Crippen LogP contribution < -0.4 is 5.73 Å². The zero-order valence-electron chi connectivity index (χ0n) is 17.6. The summed E-state index contributed by atoms with van der Waals surface area (Å²) in [6.45, 7) is 3.76. The lowest BCUT2D eigenvalue weighted by Gasteiger charge is -2.35. The Bertz CT molecular complexity index is 867. The summed E-state index contributed by atoms with van der Waals surface area (Å²) >= 11 is 0. The molecule has 0 radical (unpaired) electrons. The molecule has 3 N–H and O–H groups in total. The van der Waals surface area contributed by atoms with Gasteiger partial charge in [-0.2, -0.15) is 5.10 Å². The fourth-order valence-electron chi connectivity index (χ4n) is 3.83. The maximum Gasteiger partial charge on any atom is 0.239 e. The first kappa shape index (κ1) is 22.0. The molecule has 1 fully saturated rings. The average Bonchev–Trinajstić information content (AvgIpc) is 3.22. The van der Waals surface area contributed by atoms with E-state index in [0.717, 1.165) is 49.2 Å². The summed E-state index contributed by atoms with van der Waals surface area (Å²) in [7, 11) is 1.94. The van der Waals surface area contributed by atoms with Crippen molar-refractivity contribution in [3.05, 3.63) is 41.8 Å². The van der Waals surface area contributed by atoms with Crippen molar-refractivity contribution in [3.8, 4) is 11.3 Å². The van der Waals surface area contributed by atoms with Crippen LogP contribution in [0.3, 0.4) is 0 Å². The van der Waals surface area contributed by atoms with E-state index in [9.17, 15) is 14.0 Å². The van der Waals surface area contributed by atoms with E-state index in [1.807, 2.05) is 24.9 Å². The molecular formula is C22H30FN5O2. The molecule has 1 aromatic carbocycles. The first-order chi connectivity index (χ1) is 14.3. The van der Waals surface area contributed by atoms with Crippen LogP contribution in [0.2, 0.25) is 0 Å². The van der Waals surface area contributed by atoms with Crippen LogP contribution in [0.5, 0.6) is 0 Å². The molecule has 2 unspecified atom stereocenters. The number of nitrogens with one attached hydrogen (secondary N) is 1. The number of amides is 2. The van der Waals surface area contributed by atoms with Crippen molar-refractivity contribution in [2.75, 3.05) is 26.7 Å². The number of aromatic nitrogens is 2. The second-order valence-corrected chi connectivity index (χ2v) is 8.07. The van der Waals surface area contributed by atoms with Crippen LogP contribution >= 0.6 is 0 Å². The largest absolute Gasteiger partial charge is 0.369 e. The molecule has 1 saturated heterocycles. The summed E-state index contributed by atoms with van der Waals surface area (Å²) in [5.41, 5.74) is 8.08. The van der Waals surface area contributed by atoms with Gasteiger partial charge in [0, 0.05) is 24.3 Å². The van der Waals surface area contributed by atoms with Crippen molar-refractivity contribution in [1.82, 2.24) is 20.0 Å². The number of H-pyrrole nitrogens is 1. The van der Waals surface area contributed by atoms with E-state index >= 15 is 0 Å². The van der Waals surface area contributed by atoms with E-state index in [1.165, 1.54) is 12.1 Å². The van der Waals surface area contributed by atoms with Gasteiger partial charge in [-0.1, -0.05) is 0 Å². The minimum absolute atomic E-state index is 0.0450. The van der Waals surface area contributed by atoms with E-state index in [2.05, 4.69) is 10.2 Å². The van der Waals surface area contributed by atoms with Crippen molar-refractivity contribution in [1.29, 1.82) is 0 Å². The molecule has 0 bridgehead atoms. The Hall–Kier alpha value is -2.74. The highest BCUT2D eigenvalue weighted by molar-refractivity contribution is 5.83. The average molecular weight is 416 g/mol. The van der Waals surface area contributed by atoms with E-state index in [1.54, 1.807) is 17.0 Å². The van der Waals surface area contributed by atoms with Gasteiger partial charge in [-0.25, -0.2) is 4.39 Å². The second-order valence-electron chi connectivity index (χ2n) is 8.07. The topological polar surface area (TPSA) is 95.3 Å². The van der Waals surface area contributed by atoms with Gasteiger partial charge in [0.1, 0.15) is 5.82 Å². The number of hydrogen-bond donors (Lipinski definition) is 2. The monoisotopic (exact) mass is 415 g/mol. The van der Waals surface area contributed by atoms with Gasteiger partial charge in [-0.15, -0.1) is 0 Å². The second kappa shape index (κ2) is 9.84. The fourth-order valence-corrected chi connectivity index (χ4v) is 3.83. The zero-order valence-corrected chi connectivity index (χ0v) is 17.6. The molecule has 8 heteroatoms. The lowest BCUT2D eigenvalue weighted by atomic mass is 9.97. The summed E-state index contributed by atoms with van der Waals surface area (Å²) < 4.78 is 13.1. The molecule has 0 saturated carbocycles. The van der Waals surface area contributed by atoms with Crippen molar-refractivity contribution in [3.63, 3.8) is 0 Å². The summed E-state index contributed by atoms with van der Waals surface area (Å²) in [4.78, 5) is 28.1. The van der Waals surface area contributed by atoms with Gasteiger partial charge in [0.05, 0.1) is 17.7 Å². The molecule has 2 aromatic rings. The minimum Gasteiger partial charge on any atom is -0.369 e. The van der Waals surface area contributed by atoms with Gasteiger partial charge in [0.15, 0.2) is 0 Å². The predicted molar refractivity (Wildman–Crippen MR) is 113 cm³/mol. The molecule has 1 aliphatic rings. The Morgan fingerprint density at radius 3 is 2.80 bits per heavy atom. The van der Waals surface area contributed by atoms with Crippen molar-refractivity contribution < 1.29 is 14.0 Å². The lowest BCUT2D eigenvalue weighted by Crippen LogP contribution is -2.51. The Morgan fingerprint density at radius 1 is 1.37 bits per heavy atom. The van der Waals surface area contributed by atoms with Crippen LogP contribution in [0.4, 0.5) is 4.39 Å². The highest BCUT2D eigenvalue weighted by Crippen LogP contribution is 2.20. The van der Waals surface area contributed by atoms with Crippen molar-refractivity contribution >= 4 is 11.8 Å². The Kier molecular flexibility index (Phi) is 7.20. The molecule has 3 rings (SSSR count). The number of primary amides is 1. The number of nitrogens with zero attached hydrogens (tertiary/aromatic N) is 3.